The van der Waals surface area contributed by atoms with Crippen molar-refractivity contribution in [1.82, 2.24) is 18.7 Å². The first-order valence-electron chi connectivity index (χ1n) is 18.7. The third-order valence-corrected chi connectivity index (χ3v) is 9.73. The lowest BCUT2D eigenvalue weighted by atomic mass is 9.99. The predicted molar refractivity (Wildman–Crippen MR) is 236 cm³/mol. The van der Waals surface area contributed by atoms with Gasteiger partial charge in [0.15, 0.2) is 0 Å². The molecule has 3 N–H and O–H groups in total. The number of anilines is 2. The minimum absolute atomic E-state index is 0. The van der Waals surface area contributed by atoms with Crippen LogP contribution in [0.25, 0.3) is 33.3 Å². The first-order chi connectivity index (χ1) is 25.4. The topological polar surface area (TPSA) is 128 Å². The van der Waals surface area contributed by atoms with Crippen molar-refractivity contribution in [1.29, 1.82) is 0 Å². The van der Waals surface area contributed by atoms with Crippen LogP contribution in [0.3, 0.4) is 0 Å². The lowest BCUT2D eigenvalue weighted by Crippen LogP contribution is -2.22. The molecular formula is C42H60N6O5S2. The van der Waals surface area contributed by atoms with Gasteiger partial charge in [-0.05, 0) is 113 Å². The zero-order valence-corrected chi connectivity index (χ0v) is 35.6. The molecule has 2 aromatic carbocycles. The zero-order valence-electron chi connectivity index (χ0n) is 33.6. The van der Waals surface area contributed by atoms with Gasteiger partial charge in [-0.25, -0.2) is 4.98 Å². The van der Waals surface area contributed by atoms with Gasteiger partial charge in [0.1, 0.15) is 5.82 Å². The summed E-state index contributed by atoms with van der Waals surface area (Å²) in [6, 6.07) is 16.5. The van der Waals surface area contributed by atoms with Crippen LogP contribution in [0, 0.1) is 13.8 Å². The summed E-state index contributed by atoms with van der Waals surface area (Å²) in [5.41, 5.74) is 15.4. The van der Waals surface area contributed by atoms with E-state index in [1.807, 2.05) is 70.4 Å². The van der Waals surface area contributed by atoms with Crippen molar-refractivity contribution in [2.24, 2.45) is 14.1 Å². The Morgan fingerprint density at radius 3 is 1.93 bits per heavy atom. The lowest BCUT2D eigenvalue weighted by molar-refractivity contribution is 0.0807. The quantitative estimate of drug-likeness (QED) is 0.127. The van der Waals surface area contributed by atoms with Crippen LogP contribution in [0.15, 0.2) is 70.5 Å². The molecule has 0 radical (unpaired) electrons. The average molecular weight is 793 g/mol. The highest BCUT2D eigenvalue weighted by Gasteiger charge is 2.25. The molecule has 6 rings (SSSR count). The molecule has 3 aromatic heterocycles. The fourth-order valence-electron chi connectivity index (χ4n) is 6.89. The minimum Gasteiger partial charge on any atom is -0.397 e. The standard InChI is InChI=1S/C24H31N3O3.C18H25N3O2.2H2S/c1-5-29-15-17(3)27-22-13-19(20-12-16(2)24(28)26(4)14-20)6-7-21(22)25-23(27)18-8-10-30-11-9-18;1-5-23-11-13(3)20-17-9-14(6-7-16(17)19)15-8-12(2)18(22)21(4)10-15;;/h6-7,12-14,17-18H,5,8-11,15H2,1-4H3;6-10,13,20H,5,11,19H2,1-4H3;2*1H2/t17-;13-;;/m00../s1. The molecule has 4 heterocycles. The molecule has 0 bridgehead atoms. The van der Waals surface area contributed by atoms with E-state index in [9.17, 15) is 9.59 Å². The average Bonchev–Trinajstić information content (AvgIpc) is 3.54. The SMILES string of the molecule is CCOC[C@H](C)Nc1cc(-c2cc(C)c(=O)n(C)c2)ccc1N.CCOC[C@H](C)n1c(C2CCOCC2)nc2ccc(-c3cc(C)c(=O)n(C)c3)cc21.S.S. The lowest BCUT2D eigenvalue weighted by Gasteiger charge is -2.25. The number of benzene rings is 2. The monoisotopic (exact) mass is 792 g/mol. The Morgan fingerprint density at radius 1 is 0.818 bits per heavy atom. The Hall–Kier alpha value is -4.01. The molecule has 0 unspecified atom stereocenters. The number of fused-ring (bicyclic) bond motifs is 1. The Bertz CT molecular complexity index is 2090. The van der Waals surface area contributed by atoms with E-state index in [0.29, 0.717) is 38.0 Å². The van der Waals surface area contributed by atoms with E-state index in [1.165, 1.54) is 0 Å². The number of nitrogens with zero attached hydrogens (tertiary/aromatic N) is 4. The fourth-order valence-corrected chi connectivity index (χ4v) is 6.89. The van der Waals surface area contributed by atoms with Crippen LogP contribution in [0.1, 0.15) is 69.4 Å². The predicted octanol–water partition coefficient (Wildman–Crippen LogP) is 7.21. The van der Waals surface area contributed by atoms with E-state index in [0.717, 1.165) is 82.0 Å². The van der Waals surface area contributed by atoms with Crippen molar-refractivity contribution in [3.8, 4) is 22.3 Å². The van der Waals surface area contributed by atoms with Gasteiger partial charge in [0, 0.05) is 76.0 Å². The van der Waals surface area contributed by atoms with Crippen LogP contribution >= 0.6 is 27.0 Å². The number of aromatic nitrogens is 4. The second-order valence-corrected chi connectivity index (χ2v) is 14.1. The summed E-state index contributed by atoms with van der Waals surface area (Å²) in [5, 5.41) is 3.38. The van der Waals surface area contributed by atoms with Gasteiger partial charge in [-0.15, -0.1) is 0 Å². The highest BCUT2D eigenvalue weighted by atomic mass is 32.1. The molecule has 5 aromatic rings. The van der Waals surface area contributed by atoms with Gasteiger partial charge >= 0.3 is 0 Å². The maximum atomic E-state index is 12.1. The molecule has 11 nitrogen and oxygen atoms in total. The molecule has 2 atom stereocenters. The van der Waals surface area contributed by atoms with Crippen molar-refractivity contribution in [2.45, 2.75) is 72.4 Å². The molecular weight excluding hydrogens is 733 g/mol. The van der Waals surface area contributed by atoms with Gasteiger partial charge in [-0.2, -0.15) is 27.0 Å². The summed E-state index contributed by atoms with van der Waals surface area (Å²) >= 11 is 0. The molecule has 0 amide bonds. The maximum absolute atomic E-state index is 12.1. The number of hydrogen-bond donors (Lipinski definition) is 2. The first-order valence-corrected chi connectivity index (χ1v) is 18.7. The minimum atomic E-state index is 0. The number of imidazole rings is 1. The Morgan fingerprint density at radius 2 is 1.36 bits per heavy atom. The summed E-state index contributed by atoms with van der Waals surface area (Å²) in [4.78, 5) is 29.0. The van der Waals surface area contributed by atoms with Gasteiger partial charge in [0.2, 0.25) is 0 Å². The van der Waals surface area contributed by atoms with Crippen molar-refractivity contribution in [3.63, 3.8) is 0 Å². The van der Waals surface area contributed by atoms with Gasteiger partial charge < -0.3 is 39.0 Å². The third-order valence-electron chi connectivity index (χ3n) is 9.73. The highest BCUT2D eigenvalue weighted by Crippen LogP contribution is 2.34. The first kappa shape index (κ1) is 45.4. The maximum Gasteiger partial charge on any atom is 0.253 e. The molecule has 1 fully saturated rings. The largest absolute Gasteiger partial charge is 0.397 e. The molecule has 13 heteroatoms. The normalized spacial score (nSPS) is 14.0. The zero-order chi connectivity index (χ0) is 38.2. The van der Waals surface area contributed by atoms with Crippen LogP contribution in [0.5, 0.6) is 0 Å². The number of aryl methyl sites for hydroxylation is 4. The van der Waals surface area contributed by atoms with Gasteiger partial charge in [-0.3, -0.25) is 9.59 Å². The van der Waals surface area contributed by atoms with Crippen LogP contribution < -0.4 is 22.2 Å². The number of nitrogen functional groups attached to an aromatic ring is 1. The molecule has 300 valence electrons. The second-order valence-electron chi connectivity index (χ2n) is 14.1. The number of ether oxygens (including phenoxy) is 3. The summed E-state index contributed by atoms with van der Waals surface area (Å²) in [6.07, 6.45) is 5.74. The number of hydrogen-bond acceptors (Lipinski definition) is 8. The van der Waals surface area contributed by atoms with Crippen LogP contribution in [0.2, 0.25) is 0 Å². The molecule has 0 saturated carbocycles. The number of pyridine rings is 2. The Kier molecular flexibility index (Phi) is 17.1. The van der Waals surface area contributed by atoms with E-state index in [4.69, 9.17) is 24.9 Å². The van der Waals surface area contributed by atoms with Gasteiger partial charge in [-0.1, -0.05) is 12.1 Å². The number of nitrogens with one attached hydrogen (secondary N) is 1. The van der Waals surface area contributed by atoms with Crippen molar-refractivity contribution >= 4 is 49.4 Å². The molecule has 1 saturated heterocycles. The van der Waals surface area contributed by atoms with E-state index in [-0.39, 0.29) is 50.2 Å². The number of nitrogens with two attached hydrogens (primary N) is 1. The van der Waals surface area contributed by atoms with E-state index >= 15 is 0 Å². The van der Waals surface area contributed by atoms with Crippen molar-refractivity contribution in [2.75, 3.05) is 50.7 Å². The summed E-state index contributed by atoms with van der Waals surface area (Å²) in [5.74, 6) is 1.53. The summed E-state index contributed by atoms with van der Waals surface area (Å²) in [6.45, 7) is 16.2. The van der Waals surface area contributed by atoms with Gasteiger partial charge in [0.25, 0.3) is 11.1 Å². The van der Waals surface area contributed by atoms with Crippen LogP contribution in [-0.2, 0) is 28.3 Å². The van der Waals surface area contributed by atoms with Gasteiger partial charge in [0.05, 0.1) is 41.7 Å². The van der Waals surface area contributed by atoms with E-state index in [2.05, 4.69) is 41.9 Å². The molecule has 1 aliphatic rings. The molecule has 55 heavy (non-hydrogen) atoms. The smallest absolute Gasteiger partial charge is 0.253 e. The molecule has 0 spiro atoms. The Balaban J connectivity index is 0.000000295. The fraction of sp³-hybridized carbons (Fsp3) is 0.452. The summed E-state index contributed by atoms with van der Waals surface area (Å²) < 4.78 is 22.4. The second kappa shape index (κ2) is 20.8. The summed E-state index contributed by atoms with van der Waals surface area (Å²) in [7, 11) is 3.56. The van der Waals surface area contributed by atoms with Crippen LogP contribution in [0.4, 0.5) is 11.4 Å². The van der Waals surface area contributed by atoms with E-state index < -0.39 is 0 Å². The highest BCUT2D eigenvalue weighted by molar-refractivity contribution is 7.59. The van der Waals surface area contributed by atoms with Crippen molar-refractivity contribution in [3.05, 3.63) is 98.6 Å². The van der Waals surface area contributed by atoms with Crippen LogP contribution in [-0.4, -0.2) is 64.4 Å². The molecule has 1 aliphatic heterocycles. The van der Waals surface area contributed by atoms with E-state index in [1.54, 1.807) is 23.2 Å². The third kappa shape index (κ3) is 11.1. The van der Waals surface area contributed by atoms with Crippen molar-refractivity contribution < 1.29 is 14.2 Å². The Labute approximate surface area is 339 Å². The molecule has 0 aliphatic carbocycles. The number of rotatable bonds is 12.